The lowest BCUT2D eigenvalue weighted by Crippen LogP contribution is -1.93. The Morgan fingerprint density at radius 3 is 1.10 bits per heavy atom. The summed E-state index contributed by atoms with van der Waals surface area (Å²) in [6, 6.07) is 0. The molecule has 3 nitrogen and oxygen atoms in total. The van der Waals surface area contributed by atoms with Gasteiger partial charge in [0.15, 0.2) is 0 Å². The summed E-state index contributed by atoms with van der Waals surface area (Å²) >= 11 is 0. The first kappa shape index (κ1) is 16.5. The monoisotopic (exact) mass is 149 g/mol. The first-order chi connectivity index (χ1) is 4.74. The molecule has 0 aliphatic carbocycles. The van der Waals surface area contributed by atoms with Crippen molar-refractivity contribution in [3.8, 4) is 0 Å². The summed E-state index contributed by atoms with van der Waals surface area (Å²) < 4.78 is 0. The van der Waals surface area contributed by atoms with Crippen LogP contribution in [0.4, 0.5) is 0 Å². The topological polar surface area (TPSA) is 65.8 Å². The summed E-state index contributed by atoms with van der Waals surface area (Å²) in [7, 11) is 0. The predicted octanol–water partition coefficient (Wildman–Crippen LogP) is 1.23. The molecule has 0 aliphatic heterocycles. The summed E-state index contributed by atoms with van der Waals surface area (Å²) in [5.41, 5.74) is 5.03. The normalized spacial score (nSPS) is 6.60. The second-order valence-electron chi connectivity index (χ2n) is 1.37. The van der Waals surface area contributed by atoms with Crippen LogP contribution in [0.5, 0.6) is 0 Å². The van der Waals surface area contributed by atoms with Crippen LogP contribution in [0, 0.1) is 0 Å². The number of hydrogen-bond donors (Lipinski definition) is 1. The van der Waals surface area contributed by atoms with Gasteiger partial charge in [0.1, 0.15) is 0 Å². The molecular weight excluding hydrogens is 130 g/mol. The fourth-order valence-electron chi connectivity index (χ4n) is 0. The van der Waals surface area contributed by atoms with Crippen LogP contribution in [0.2, 0.25) is 0 Å². The lowest BCUT2D eigenvalue weighted by atomic mass is 10.5. The molecule has 0 aliphatic rings. The molecule has 64 valence electrons. The molecule has 10 heavy (non-hydrogen) atoms. The van der Waals surface area contributed by atoms with Crippen molar-refractivity contribution in [2.45, 2.75) is 27.2 Å². The van der Waals surface area contributed by atoms with Crippen molar-refractivity contribution in [2.75, 3.05) is 19.8 Å². The number of rotatable bonds is 1. The van der Waals surface area contributed by atoms with Crippen LogP contribution in [-0.4, -0.2) is 19.8 Å². The van der Waals surface area contributed by atoms with Gasteiger partial charge in [-0.1, -0.05) is 6.92 Å². The van der Waals surface area contributed by atoms with Gasteiger partial charge >= 0.3 is 0 Å². The van der Waals surface area contributed by atoms with E-state index in [4.69, 9.17) is 15.9 Å². The van der Waals surface area contributed by atoms with Gasteiger partial charge in [0.05, 0.1) is 13.2 Å². The van der Waals surface area contributed by atoms with Crippen molar-refractivity contribution in [1.29, 1.82) is 0 Å². The Hall–Kier alpha value is -0.120. The molecule has 2 N–H and O–H groups in total. The van der Waals surface area contributed by atoms with Gasteiger partial charge in [-0.2, -0.15) is 0 Å². The molecule has 0 aromatic rings. The number of hydrogen-bond acceptors (Lipinski definition) is 1. The third-order valence-corrected chi connectivity index (χ3v) is 0.289. The van der Waals surface area contributed by atoms with Crippen LogP contribution >= 0.6 is 0 Å². The van der Waals surface area contributed by atoms with E-state index in [1.165, 1.54) is 0 Å². The van der Waals surface area contributed by atoms with Gasteiger partial charge < -0.3 is 5.73 Å². The van der Waals surface area contributed by atoms with Crippen LogP contribution in [0.25, 0.3) is 0 Å². The zero-order valence-corrected chi connectivity index (χ0v) is 7.22. The molecule has 0 heterocycles. The molecule has 0 saturated carbocycles. The molecule has 0 unspecified atom stereocenters. The Bertz CT molecular complexity index is 23.6. The van der Waals surface area contributed by atoms with E-state index in [1.54, 1.807) is 13.8 Å². The van der Waals surface area contributed by atoms with E-state index >= 15 is 0 Å². The highest BCUT2D eigenvalue weighted by Gasteiger charge is 1.55. The first-order valence-corrected chi connectivity index (χ1v) is 3.61. The van der Waals surface area contributed by atoms with E-state index in [0.29, 0.717) is 0 Å². The maximum Gasteiger partial charge on any atom is 0.0794 e. The molecule has 0 spiro atoms. The fraction of sp³-hybridized carbons (Fsp3) is 1.00. The van der Waals surface area contributed by atoms with Crippen molar-refractivity contribution in [1.82, 2.24) is 0 Å². The SMILES string of the molecule is CCCN.CC[O].CC[O]. The van der Waals surface area contributed by atoms with Gasteiger partial charge in [-0.05, 0) is 26.8 Å². The molecule has 0 aromatic carbocycles. The van der Waals surface area contributed by atoms with Gasteiger partial charge in [0.2, 0.25) is 0 Å². The van der Waals surface area contributed by atoms with Crippen LogP contribution < -0.4 is 5.73 Å². The maximum atomic E-state index is 8.93. The Morgan fingerprint density at radius 1 is 1.00 bits per heavy atom. The minimum Gasteiger partial charge on any atom is -0.330 e. The lowest BCUT2D eigenvalue weighted by Gasteiger charge is -1.70. The largest absolute Gasteiger partial charge is 0.330 e. The second-order valence-corrected chi connectivity index (χ2v) is 1.37. The highest BCUT2D eigenvalue weighted by molar-refractivity contribution is 4.19. The fourth-order valence-corrected chi connectivity index (χ4v) is 0. The minimum absolute atomic E-state index is 0. The second kappa shape index (κ2) is 36.6. The van der Waals surface area contributed by atoms with Crippen LogP contribution in [0.15, 0.2) is 0 Å². The van der Waals surface area contributed by atoms with E-state index in [0.717, 1.165) is 13.0 Å². The summed E-state index contributed by atoms with van der Waals surface area (Å²) in [4.78, 5) is 0. The Labute approximate surface area is 63.9 Å². The molecular formula is C7H19NO2. The smallest absolute Gasteiger partial charge is 0.0794 e. The van der Waals surface area contributed by atoms with Crippen LogP contribution in [0.1, 0.15) is 27.2 Å². The third-order valence-electron chi connectivity index (χ3n) is 0.289. The van der Waals surface area contributed by atoms with Crippen LogP contribution in [0.3, 0.4) is 0 Å². The molecule has 0 aromatic heterocycles. The first-order valence-electron chi connectivity index (χ1n) is 3.61. The van der Waals surface area contributed by atoms with Gasteiger partial charge in [-0.15, -0.1) is 0 Å². The van der Waals surface area contributed by atoms with Crippen molar-refractivity contribution in [3.63, 3.8) is 0 Å². The molecule has 0 fully saturated rings. The molecule has 0 amide bonds. The van der Waals surface area contributed by atoms with E-state index in [-0.39, 0.29) is 13.2 Å². The van der Waals surface area contributed by atoms with E-state index in [2.05, 4.69) is 6.92 Å². The molecule has 0 atom stereocenters. The zero-order chi connectivity index (χ0) is 8.83. The lowest BCUT2D eigenvalue weighted by molar-refractivity contribution is 0.211. The van der Waals surface area contributed by atoms with Gasteiger partial charge in [0.25, 0.3) is 0 Å². The van der Waals surface area contributed by atoms with Gasteiger partial charge in [-0.25, -0.2) is 10.2 Å². The van der Waals surface area contributed by atoms with Crippen LogP contribution in [-0.2, 0) is 10.2 Å². The predicted molar refractivity (Wildman–Crippen MR) is 41.8 cm³/mol. The standard InChI is InChI=1S/C3H9N.2C2H5O/c1-2-3-4;2*1-2-3/h2-4H2,1H3;2*2H2,1H3. The van der Waals surface area contributed by atoms with Crippen molar-refractivity contribution >= 4 is 0 Å². The van der Waals surface area contributed by atoms with Gasteiger partial charge in [0, 0.05) is 0 Å². The van der Waals surface area contributed by atoms with Gasteiger partial charge in [-0.3, -0.25) is 0 Å². The number of nitrogens with two attached hydrogens (primary N) is 1. The Kier molecular flexibility index (Phi) is 60.3. The van der Waals surface area contributed by atoms with Crippen molar-refractivity contribution < 1.29 is 10.2 Å². The molecule has 3 heteroatoms. The molecule has 0 saturated heterocycles. The average molecular weight is 149 g/mol. The quantitative estimate of drug-likeness (QED) is 0.598. The highest BCUT2D eigenvalue weighted by atomic mass is 16.3. The Balaban J connectivity index is -0.0000000750. The highest BCUT2D eigenvalue weighted by Crippen LogP contribution is 1.57. The van der Waals surface area contributed by atoms with E-state index in [9.17, 15) is 0 Å². The summed E-state index contributed by atoms with van der Waals surface area (Å²) in [5, 5.41) is 17.9. The molecule has 2 radical (unpaired) electrons. The van der Waals surface area contributed by atoms with E-state index in [1.807, 2.05) is 0 Å². The molecule has 0 bridgehead atoms. The van der Waals surface area contributed by atoms with Crippen molar-refractivity contribution in [2.24, 2.45) is 5.73 Å². The minimum atomic E-state index is 0. The average Bonchev–Trinajstić information content (AvgIpc) is 1.91. The summed E-state index contributed by atoms with van der Waals surface area (Å²) in [5.74, 6) is 0. The molecule has 0 rings (SSSR count). The van der Waals surface area contributed by atoms with E-state index < -0.39 is 0 Å². The third kappa shape index (κ3) is 482. The summed E-state index contributed by atoms with van der Waals surface area (Å²) in [6.07, 6.45) is 1.10. The Morgan fingerprint density at radius 2 is 1.10 bits per heavy atom. The maximum absolute atomic E-state index is 8.93. The van der Waals surface area contributed by atoms with Crippen molar-refractivity contribution in [3.05, 3.63) is 0 Å². The zero-order valence-electron chi connectivity index (χ0n) is 7.22. The summed E-state index contributed by atoms with van der Waals surface area (Å²) in [6.45, 7) is 6.01.